The Labute approximate surface area is 305 Å². The number of fused-ring (bicyclic) bond motifs is 10. The van der Waals surface area contributed by atoms with Crippen molar-refractivity contribution in [3.63, 3.8) is 0 Å². The zero-order valence-corrected chi connectivity index (χ0v) is 29.2. The van der Waals surface area contributed by atoms with Gasteiger partial charge in [0.1, 0.15) is 11.2 Å². The zero-order valence-electron chi connectivity index (χ0n) is 29.2. The first-order chi connectivity index (χ1) is 26.0. The minimum Gasteiger partial charge on any atom is -0.456 e. The number of furan rings is 1. The monoisotopic (exact) mass is 680 g/mol. The van der Waals surface area contributed by atoms with Crippen LogP contribution in [-0.2, 0) is 5.41 Å². The van der Waals surface area contributed by atoms with E-state index in [0.717, 1.165) is 44.3 Å². The van der Waals surface area contributed by atoms with Crippen molar-refractivity contribution < 1.29 is 4.42 Å². The number of aromatic nitrogens is 4. The summed E-state index contributed by atoms with van der Waals surface area (Å²) in [6.45, 7) is 4.72. The molecule has 3 aromatic heterocycles. The molecule has 1 aliphatic carbocycles. The molecule has 0 spiro atoms. The molecule has 53 heavy (non-hydrogen) atoms. The Hall–Kier alpha value is -6.85. The van der Waals surface area contributed by atoms with Gasteiger partial charge in [-0.1, -0.05) is 123 Å². The summed E-state index contributed by atoms with van der Waals surface area (Å²) in [5.74, 6) is 1.85. The van der Waals surface area contributed by atoms with Crippen molar-refractivity contribution in [1.29, 1.82) is 0 Å². The SMILES string of the molecule is CC1(C)c2ccccc2-c2ccc3c(c21)c1ccccc1n3-c1ccc(-c2nc(-c3ccccc3)nc(-c3cccc4oc5ccccc5c34)n2)cc1. The van der Waals surface area contributed by atoms with Crippen molar-refractivity contribution in [1.82, 2.24) is 19.5 Å². The average Bonchev–Trinajstić information content (AvgIpc) is 3.84. The highest BCUT2D eigenvalue weighted by Gasteiger charge is 2.38. The summed E-state index contributed by atoms with van der Waals surface area (Å²) < 4.78 is 8.63. The van der Waals surface area contributed by atoms with E-state index in [1.165, 1.54) is 44.1 Å². The minimum atomic E-state index is -0.121. The molecule has 0 saturated carbocycles. The number of benzene rings is 7. The summed E-state index contributed by atoms with van der Waals surface area (Å²) in [7, 11) is 0. The van der Waals surface area contributed by atoms with Crippen LogP contribution in [0.1, 0.15) is 25.0 Å². The van der Waals surface area contributed by atoms with Crippen LogP contribution in [0.25, 0.3) is 94.7 Å². The average molecular weight is 681 g/mol. The lowest BCUT2D eigenvalue weighted by Gasteiger charge is -2.22. The fourth-order valence-electron chi connectivity index (χ4n) is 8.67. The van der Waals surface area contributed by atoms with Gasteiger partial charge in [0.25, 0.3) is 0 Å². The Morgan fingerprint density at radius 1 is 0.453 bits per heavy atom. The summed E-state index contributed by atoms with van der Waals surface area (Å²) in [6.07, 6.45) is 0. The summed E-state index contributed by atoms with van der Waals surface area (Å²) >= 11 is 0. The highest BCUT2D eigenvalue weighted by Crippen LogP contribution is 2.53. The summed E-state index contributed by atoms with van der Waals surface area (Å²) in [5, 5.41) is 4.62. The van der Waals surface area contributed by atoms with E-state index in [-0.39, 0.29) is 5.41 Å². The van der Waals surface area contributed by atoms with Crippen LogP contribution in [0.5, 0.6) is 0 Å². The number of hydrogen-bond donors (Lipinski definition) is 0. The molecular formula is C48H32N4O. The molecule has 5 nitrogen and oxygen atoms in total. The van der Waals surface area contributed by atoms with Crippen molar-refractivity contribution >= 4 is 43.7 Å². The predicted molar refractivity (Wildman–Crippen MR) is 215 cm³/mol. The molecule has 3 heterocycles. The quantitative estimate of drug-likeness (QED) is 0.186. The van der Waals surface area contributed by atoms with Gasteiger partial charge in [0.2, 0.25) is 0 Å². The second-order valence-corrected chi connectivity index (χ2v) is 14.4. The van der Waals surface area contributed by atoms with Crippen molar-refractivity contribution in [2.24, 2.45) is 0 Å². The molecule has 7 aromatic carbocycles. The molecular weight excluding hydrogens is 649 g/mol. The maximum atomic E-state index is 6.23. The molecule has 0 atom stereocenters. The Kier molecular flexibility index (Phi) is 6.23. The van der Waals surface area contributed by atoms with Crippen molar-refractivity contribution in [3.05, 3.63) is 169 Å². The van der Waals surface area contributed by atoms with E-state index in [1.54, 1.807) is 0 Å². The van der Waals surface area contributed by atoms with Gasteiger partial charge in [0.15, 0.2) is 17.5 Å². The van der Waals surface area contributed by atoms with Crippen LogP contribution in [0.3, 0.4) is 0 Å². The summed E-state index contributed by atoms with van der Waals surface area (Å²) in [6, 6.07) is 55.2. The van der Waals surface area contributed by atoms with E-state index in [1.807, 2.05) is 60.7 Å². The summed E-state index contributed by atoms with van der Waals surface area (Å²) in [4.78, 5) is 15.2. The van der Waals surface area contributed by atoms with E-state index < -0.39 is 0 Å². The molecule has 0 N–H and O–H groups in total. The van der Waals surface area contributed by atoms with Crippen LogP contribution in [0, 0.1) is 0 Å². The maximum absolute atomic E-state index is 6.23. The van der Waals surface area contributed by atoms with Gasteiger partial charge in [0, 0.05) is 49.3 Å². The van der Waals surface area contributed by atoms with Gasteiger partial charge >= 0.3 is 0 Å². The first-order valence-electron chi connectivity index (χ1n) is 18.0. The fraction of sp³-hybridized carbons (Fsp3) is 0.0625. The van der Waals surface area contributed by atoms with E-state index in [2.05, 4.69) is 115 Å². The van der Waals surface area contributed by atoms with E-state index in [9.17, 15) is 0 Å². The highest BCUT2D eigenvalue weighted by molar-refractivity contribution is 6.14. The topological polar surface area (TPSA) is 56.7 Å². The Morgan fingerprint density at radius 3 is 1.92 bits per heavy atom. The van der Waals surface area contributed by atoms with Gasteiger partial charge < -0.3 is 8.98 Å². The molecule has 11 rings (SSSR count). The predicted octanol–water partition coefficient (Wildman–Crippen LogP) is 12.2. The van der Waals surface area contributed by atoms with Gasteiger partial charge in [-0.3, -0.25) is 0 Å². The third-order valence-electron chi connectivity index (χ3n) is 11.0. The lowest BCUT2D eigenvalue weighted by molar-refractivity contribution is 0.666. The normalized spacial score (nSPS) is 13.2. The lowest BCUT2D eigenvalue weighted by Crippen LogP contribution is -2.15. The molecule has 0 saturated heterocycles. The van der Waals surface area contributed by atoms with E-state index in [0.29, 0.717) is 17.5 Å². The Balaban J connectivity index is 1.08. The lowest BCUT2D eigenvalue weighted by atomic mass is 9.80. The molecule has 0 amide bonds. The molecule has 0 radical (unpaired) electrons. The van der Waals surface area contributed by atoms with E-state index >= 15 is 0 Å². The Bertz CT molecular complexity index is 3080. The van der Waals surface area contributed by atoms with Crippen LogP contribution < -0.4 is 0 Å². The van der Waals surface area contributed by atoms with Gasteiger partial charge in [-0.05, 0) is 70.8 Å². The van der Waals surface area contributed by atoms with Crippen LogP contribution >= 0.6 is 0 Å². The molecule has 0 bridgehead atoms. The van der Waals surface area contributed by atoms with Gasteiger partial charge in [-0.25, -0.2) is 15.0 Å². The first-order valence-corrected chi connectivity index (χ1v) is 18.0. The van der Waals surface area contributed by atoms with Crippen LogP contribution in [-0.4, -0.2) is 19.5 Å². The molecule has 250 valence electrons. The first kappa shape index (κ1) is 29.8. The molecule has 10 aromatic rings. The summed E-state index contributed by atoms with van der Waals surface area (Å²) in [5.41, 5.74) is 13.2. The minimum absolute atomic E-state index is 0.121. The molecule has 5 heteroatoms. The largest absolute Gasteiger partial charge is 0.456 e. The number of hydrogen-bond acceptors (Lipinski definition) is 4. The number of rotatable bonds is 4. The third-order valence-corrected chi connectivity index (χ3v) is 11.0. The maximum Gasteiger partial charge on any atom is 0.164 e. The fourth-order valence-corrected chi connectivity index (χ4v) is 8.67. The van der Waals surface area contributed by atoms with Crippen LogP contribution in [0.15, 0.2) is 162 Å². The number of nitrogens with zero attached hydrogens (tertiary/aromatic N) is 4. The standard InChI is InChI=1S/C48H32N4O/c1-48(2)37-19-9-6-15-32(37)33-27-28-39-43(44(33)48)34-16-7-10-20-38(34)52(39)31-25-23-30(24-26-31)46-49-45(29-13-4-3-5-14-29)50-47(51-46)36-18-12-22-41-42(36)35-17-8-11-21-40(35)53-41/h3-28H,1-2H3. The molecule has 0 aliphatic heterocycles. The zero-order chi connectivity index (χ0) is 35.3. The van der Waals surface area contributed by atoms with Crippen LogP contribution in [0.4, 0.5) is 0 Å². The third kappa shape index (κ3) is 4.34. The molecule has 0 unspecified atom stereocenters. The van der Waals surface area contributed by atoms with Crippen LogP contribution in [0.2, 0.25) is 0 Å². The van der Waals surface area contributed by atoms with Gasteiger partial charge in [0.05, 0.1) is 11.0 Å². The van der Waals surface area contributed by atoms with Crippen molar-refractivity contribution in [2.75, 3.05) is 0 Å². The second-order valence-electron chi connectivity index (χ2n) is 14.4. The highest BCUT2D eigenvalue weighted by atomic mass is 16.3. The molecule has 0 fully saturated rings. The Morgan fingerprint density at radius 2 is 1.09 bits per heavy atom. The second kappa shape index (κ2) is 11.1. The van der Waals surface area contributed by atoms with E-state index in [4.69, 9.17) is 19.4 Å². The molecule has 1 aliphatic rings. The smallest absolute Gasteiger partial charge is 0.164 e. The number of para-hydroxylation sites is 2. The van der Waals surface area contributed by atoms with Crippen molar-refractivity contribution in [3.8, 4) is 51.0 Å². The van der Waals surface area contributed by atoms with Crippen molar-refractivity contribution in [2.45, 2.75) is 19.3 Å². The van der Waals surface area contributed by atoms with Gasteiger partial charge in [-0.2, -0.15) is 0 Å². The van der Waals surface area contributed by atoms with Gasteiger partial charge in [-0.15, -0.1) is 0 Å².